The molecule has 0 aliphatic rings. The van der Waals surface area contributed by atoms with Gasteiger partial charge in [0, 0.05) is 31.5 Å². The molecule has 2 aromatic rings. The van der Waals surface area contributed by atoms with Crippen molar-refractivity contribution in [1.82, 2.24) is 24.2 Å². The SMILES string of the molecule is C=C/C=C(\C=C/C(C)n1c(-c2ccncc2Cl)nn(CC(=O)N(C)CC)c1=O)OC(C)C. The van der Waals surface area contributed by atoms with E-state index in [0.29, 0.717) is 28.7 Å². The molecule has 1 amide bonds. The molecule has 0 spiro atoms. The molecule has 0 radical (unpaired) electrons. The lowest BCUT2D eigenvalue weighted by molar-refractivity contribution is -0.130. The summed E-state index contributed by atoms with van der Waals surface area (Å²) in [4.78, 5) is 31.2. The highest BCUT2D eigenvalue weighted by molar-refractivity contribution is 6.33. The van der Waals surface area contributed by atoms with E-state index in [1.165, 1.54) is 15.7 Å². The number of amides is 1. The van der Waals surface area contributed by atoms with Crippen LogP contribution in [0.5, 0.6) is 0 Å². The summed E-state index contributed by atoms with van der Waals surface area (Å²) in [5.74, 6) is 0.757. The number of pyridine rings is 1. The molecule has 2 rings (SSSR count). The van der Waals surface area contributed by atoms with E-state index in [9.17, 15) is 9.59 Å². The largest absolute Gasteiger partial charge is 0.491 e. The van der Waals surface area contributed by atoms with Crippen LogP contribution in [-0.4, -0.2) is 49.8 Å². The summed E-state index contributed by atoms with van der Waals surface area (Å²) in [6.07, 6.45) is 10.0. The molecule has 0 saturated carbocycles. The zero-order chi connectivity index (χ0) is 23.8. The number of hydrogen-bond donors (Lipinski definition) is 0. The zero-order valence-corrected chi connectivity index (χ0v) is 19.9. The molecule has 0 aliphatic carbocycles. The number of ether oxygens (including phenoxy) is 1. The topological polar surface area (TPSA) is 82.3 Å². The van der Waals surface area contributed by atoms with Gasteiger partial charge in [0.05, 0.1) is 17.2 Å². The fraction of sp³-hybridized carbons (Fsp3) is 0.391. The Morgan fingerprint density at radius 3 is 2.69 bits per heavy atom. The first-order valence-corrected chi connectivity index (χ1v) is 10.8. The molecule has 0 aliphatic heterocycles. The number of carbonyl (C=O) groups is 1. The third kappa shape index (κ3) is 6.20. The van der Waals surface area contributed by atoms with Gasteiger partial charge in [-0.15, -0.1) is 5.10 Å². The maximum atomic E-state index is 13.2. The summed E-state index contributed by atoms with van der Waals surface area (Å²) >= 11 is 6.34. The Kier molecular flexibility index (Phi) is 9.02. The highest BCUT2D eigenvalue weighted by Gasteiger charge is 2.22. The van der Waals surface area contributed by atoms with Crippen molar-refractivity contribution < 1.29 is 9.53 Å². The van der Waals surface area contributed by atoms with Crippen molar-refractivity contribution in [3.63, 3.8) is 0 Å². The van der Waals surface area contributed by atoms with Crippen molar-refractivity contribution in [2.45, 2.75) is 46.4 Å². The van der Waals surface area contributed by atoms with Crippen LogP contribution >= 0.6 is 11.6 Å². The zero-order valence-electron chi connectivity index (χ0n) is 19.2. The lowest BCUT2D eigenvalue weighted by Crippen LogP contribution is -2.35. The molecule has 8 nitrogen and oxygen atoms in total. The van der Waals surface area contributed by atoms with Gasteiger partial charge in [0.1, 0.15) is 12.3 Å². The van der Waals surface area contributed by atoms with Crippen LogP contribution in [0.4, 0.5) is 0 Å². The average Bonchev–Trinajstić information content (AvgIpc) is 3.07. The highest BCUT2D eigenvalue weighted by Crippen LogP contribution is 2.26. The van der Waals surface area contributed by atoms with Crippen molar-refractivity contribution in [2.75, 3.05) is 13.6 Å². The van der Waals surface area contributed by atoms with E-state index < -0.39 is 11.7 Å². The molecule has 32 heavy (non-hydrogen) atoms. The van der Waals surface area contributed by atoms with E-state index in [1.807, 2.05) is 33.8 Å². The number of aromatic nitrogens is 4. The van der Waals surface area contributed by atoms with Crippen LogP contribution in [0.25, 0.3) is 11.4 Å². The third-order valence-corrected chi connectivity index (χ3v) is 4.97. The maximum absolute atomic E-state index is 13.2. The molecule has 0 fully saturated rings. The lowest BCUT2D eigenvalue weighted by Gasteiger charge is -2.14. The molecule has 9 heteroatoms. The maximum Gasteiger partial charge on any atom is 0.347 e. The standard InChI is InChI=1S/C23H30ClN5O3/c1-7-9-18(32-16(3)4)11-10-17(5)29-22(19-12-13-25-14-20(19)24)26-28(23(29)31)15-21(30)27(6)8-2/h7,9-14,16-17H,1,8,15H2,2-6H3/b11-10-,18-9+. The van der Waals surface area contributed by atoms with Gasteiger partial charge in [-0.1, -0.05) is 30.3 Å². The van der Waals surface area contributed by atoms with Gasteiger partial charge >= 0.3 is 5.69 Å². The van der Waals surface area contributed by atoms with Crippen LogP contribution in [0.15, 0.2) is 59.9 Å². The van der Waals surface area contributed by atoms with Crippen molar-refractivity contribution in [3.05, 3.63) is 70.6 Å². The number of carbonyl (C=O) groups excluding carboxylic acids is 1. The van der Waals surface area contributed by atoms with Gasteiger partial charge in [0.15, 0.2) is 5.82 Å². The van der Waals surface area contributed by atoms with Crippen LogP contribution in [0, 0.1) is 0 Å². The first-order valence-electron chi connectivity index (χ1n) is 10.4. The first-order chi connectivity index (χ1) is 15.2. The Labute approximate surface area is 193 Å². The van der Waals surface area contributed by atoms with Crippen LogP contribution < -0.4 is 5.69 Å². The van der Waals surface area contributed by atoms with Crippen molar-refractivity contribution in [3.8, 4) is 11.4 Å². The molecule has 0 aromatic carbocycles. The second-order valence-electron chi connectivity index (χ2n) is 7.47. The van der Waals surface area contributed by atoms with E-state index >= 15 is 0 Å². The minimum atomic E-state index is -0.415. The van der Waals surface area contributed by atoms with Gasteiger partial charge < -0.3 is 9.64 Å². The predicted octanol–water partition coefficient (Wildman–Crippen LogP) is 3.85. The highest BCUT2D eigenvalue weighted by atomic mass is 35.5. The minimum Gasteiger partial charge on any atom is -0.491 e. The van der Waals surface area contributed by atoms with Crippen molar-refractivity contribution in [2.24, 2.45) is 0 Å². The quantitative estimate of drug-likeness (QED) is 0.398. The predicted molar refractivity (Wildman–Crippen MR) is 126 cm³/mol. The second kappa shape index (κ2) is 11.5. The van der Waals surface area contributed by atoms with Gasteiger partial charge in [-0.25, -0.2) is 9.48 Å². The molecule has 1 unspecified atom stereocenters. The fourth-order valence-corrected chi connectivity index (χ4v) is 3.10. The first kappa shape index (κ1) is 25.1. The number of nitrogens with zero attached hydrogens (tertiary/aromatic N) is 5. The summed E-state index contributed by atoms with van der Waals surface area (Å²) in [6.45, 7) is 11.6. The molecule has 0 bridgehead atoms. The van der Waals surface area contributed by atoms with Crippen molar-refractivity contribution >= 4 is 17.5 Å². The summed E-state index contributed by atoms with van der Waals surface area (Å²) < 4.78 is 8.41. The molecule has 172 valence electrons. The van der Waals surface area contributed by atoms with Gasteiger partial charge in [0.2, 0.25) is 5.91 Å². The smallest absolute Gasteiger partial charge is 0.347 e. The molecule has 2 heterocycles. The Morgan fingerprint density at radius 1 is 1.38 bits per heavy atom. The van der Waals surface area contributed by atoms with Gasteiger partial charge in [-0.2, -0.15) is 0 Å². The Balaban J connectivity index is 2.54. The molecule has 0 N–H and O–H groups in total. The number of allylic oxidation sites excluding steroid dienone is 4. The minimum absolute atomic E-state index is 0.0145. The second-order valence-corrected chi connectivity index (χ2v) is 7.88. The Bertz CT molecular complexity index is 1070. The Morgan fingerprint density at radius 2 is 2.09 bits per heavy atom. The molecular weight excluding hydrogens is 430 g/mol. The van der Waals surface area contributed by atoms with Crippen LogP contribution in [0.2, 0.25) is 5.02 Å². The fourth-order valence-electron chi connectivity index (χ4n) is 2.90. The van der Waals surface area contributed by atoms with E-state index in [1.54, 1.807) is 37.5 Å². The summed E-state index contributed by atoms with van der Waals surface area (Å²) in [6, 6.07) is 1.28. The van der Waals surface area contributed by atoms with Crippen LogP contribution in [-0.2, 0) is 16.1 Å². The van der Waals surface area contributed by atoms with E-state index in [-0.39, 0.29) is 18.6 Å². The van der Waals surface area contributed by atoms with E-state index in [2.05, 4.69) is 16.7 Å². The number of hydrogen-bond acceptors (Lipinski definition) is 5. The monoisotopic (exact) mass is 459 g/mol. The average molecular weight is 460 g/mol. The van der Waals surface area contributed by atoms with Gasteiger partial charge in [0.25, 0.3) is 0 Å². The van der Waals surface area contributed by atoms with Crippen LogP contribution in [0.1, 0.15) is 33.7 Å². The number of likely N-dealkylation sites (N-methyl/N-ethyl adjacent to an activating group) is 1. The summed E-state index contributed by atoms with van der Waals surface area (Å²) in [5.41, 5.74) is 0.135. The summed E-state index contributed by atoms with van der Waals surface area (Å²) in [7, 11) is 1.68. The molecule has 1 atom stereocenters. The van der Waals surface area contributed by atoms with Crippen molar-refractivity contribution in [1.29, 1.82) is 0 Å². The normalized spacial score (nSPS) is 12.9. The van der Waals surface area contributed by atoms with E-state index in [0.717, 1.165) is 4.68 Å². The third-order valence-electron chi connectivity index (χ3n) is 4.67. The van der Waals surface area contributed by atoms with Gasteiger partial charge in [-0.3, -0.25) is 14.3 Å². The summed E-state index contributed by atoms with van der Waals surface area (Å²) in [5, 5.41) is 4.80. The molecular formula is C23H30ClN5O3. The number of halogens is 1. The number of rotatable bonds is 10. The Hall–Kier alpha value is -3.13. The molecule has 2 aromatic heterocycles. The van der Waals surface area contributed by atoms with Crippen LogP contribution in [0.3, 0.4) is 0 Å². The van der Waals surface area contributed by atoms with Gasteiger partial charge in [-0.05, 0) is 45.9 Å². The molecule has 0 saturated heterocycles. The van der Waals surface area contributed by atoms with E-state index in [4.69, 9.17) is 16.3 Å². The lowest BCUT2D eigenvalue weighted by atomic mass is 10.2.